The largest absolute Gasteiger partial charge is 0.435 e. The molecule has 2 rings (SSSR count). The van der Waals surface area contributed by atoms with Crippen molar-refractivity contribution in [2.75, 3.05) is 6.26 Å². The highest BCUT2D eigenvalue weighted by Crippen LogP contribution is 2.30. The molecule has 0 fully saturated rings. The average molecular weight is 317 g/mol. The Kier molecular flexibility index (Phi) is 4.05. The van der Waals surface area contributed by atoms with E-state index in [0.29, 0.717) is 11.3 Å². The molecule has 3 nitrogen and oxygen atoms in total. The fraction of sp³-hybridized carbons (Fsp3) is 0.167. The van der Waals surface area contributed by atoms with Crippen LogP contribution in [0.4, 0.5) is 13.2 Å². The number of thioether (sulfide) groups is 1. The van der Waals surface area contributed by atoms with E-state index in [-0.39, 0.29) is 4.99 Å². The van der Waals surface area contributed by atoms with Crippen LogP contribution >= 0.6 is 24.0 Å². The summed E-state index contributed by atoms with van der Waals surface area (Å²) in [5, 5.41) is 3.54. The molecule has 1 heterocycles. The lowest BCUT2D eigenvalue weighted by molar-refractivity contribution is -0.141. The Morgan fingerprint density at radius 2 is 2.05 bits per heavy atom. The molecule has 0 spiro atoms. The van der Waals surface area contributed by atoms with E-state index in [1.54, 1.807) is 18.2 Å². The fourth-order valence-electron chi connectivity index (χ4n) is 1.74. The number of aromatic nitrogens is 2. The van der Waals surface area contributed by atoms with Crippen LogP contribution in [-0.2, 0) is 6.18 Å². The number of rotatable bonds is 3. The molecule has 0 aliphatic heterocycles. The molecule has 0 amide bonds. The average Bonchev–Trinajstić information content (AvgIpc) is 2.86. The predicted molar refractivity (Wildman–Crippen MR) is 76.2 cm³/mol. The van der Waals surface area contributed by atoms with Gasteiger partial charge >= 0.3 is 6.18 Å². The normalized spacial score (nSPS) is 11.6. The zero-order valence-corrected chi connectivity index (χ0v) is 11.9. The molecule has 0 saturated heterocycles. The first-order valence-electron chi connectivity index (χ1n) is 5.44. The van der Waals surface area contributed by atoms with Crippen LogP contribution < -0.4 is 5.73 Å². The van der Waals surface area contributed by atoms with E-state index in [4.69, 9.17) is 18.0 Å². The van der Waals surface area contributed by atoms with Gasteiger partial charge in [-0.25, -0.2) is 4.68 Å². The van der Waals surface area contributed by atoms with Crippen LogP contribution in [0.3, 0.4) is 0 Å². The van der Waals surface area contributed by atoms with Gasteiger partial charge in [0.1, 0.15) is 4.99 Å². The number of hydrogen-bond donors (Lipinski definition) is 1. The van der Waals surface area contributed by atoms with Crippen molar-refractivity contribution in [1.82, 2.24) is 9.78 Å². The van der Waals surface area contributed by atoms with E-state index in [0.717, 1.165) is 15.6 Å². The SMILES string of the molecule is CSc1cccc(-n2ccc(C(F)(F)F)n2)c1C(N)=S. The summed E-state index contributed by atoms with van der Waals surface area (Å²) in [6, 6.07) is 6.06. The molecule has 0 bridgehead atoms. The monoisotopic (exact) mass is 317 g/mol. The molecule has 1 aromatic heterocycles. The van der Waals surface area contributed by atoms with Gasteiger partial charge in [0.05, 0.1) is 5.69 Å². The smallest absolute Gasteiger partial charge is 0.389 e. The predicted octanol–water partition coefficient (Wildman–Crippen LogP) is 3.25. The number of nitrogens with zero attached hydrogens (tertiary/aromatic N) is 2. The van der Waals surface area contributed by atoms with Gasteiger partial charge in [-0.05, 0) is 24.5 Å². The highest BCUT2D eigenvalue weighted by atomic mass is 32.2. The van der Waals surface area contributed by atoms with E-state index in [1.165, 1.54) is 18.0 Å². The minimum atomic E-state index is -4.48. The summed E-state index contributed by atoms with van der Waals surface area (Å²) >= 11 is 6.40. The van der Waals surface area contributed by atoms with Crippen molar-refractivity contribution in [3.63, 3.8) is 0 Å². The summed E-state index contributed by atoms with van der Waals surface area (Å²) in [7, 11) is 0. The first-order valence-corrected chi connectivity index (χ1v) is 7.08. The molecule has 8 heteroatoms. The number of halogens is 3. The van der Waals surface area contributed by atoms with Crippen LogP contribution in [0.2, 0.25) is 0 Å². The van der Waals surface area contributed by atoms with Crippen molar-refractivity contribution in [2.24, 2.45) is 5.73 Å². The van der Waals surface area contributed by atoms with E-state index in [2.05, 4.69) is 5.10 Å². The molecule has 0 unspecified atom stereocenters. The van der Waals surface area contributed by atoms with E-state index >= 15 is 0 Å². The van der Waals surface area contributed by atoms with E-state index in [1.807, 2.05) is 6.26 Å². The maximum Gasteiger partial charge on any atom is 0.435 e. The topological polar surface area (TPSA) is 43.8 Å². The second-order valence-corrected chi connectivity index (χ2v) is 5.15. The Balaban J connectivity index is 2.58. The zero-order valence-electron chi connectivity index (χ0n) is 10.3. The minimum Gasteiger partial charge on any atom is -0.389 e. The lowest BCUT2D eigenvalue weighted by Crippen LogP contribution is -2.15. The van der Waals surface area contributed by atoms with Crippen LogP contribution in [0.5, 0.6) is 0 Å². The molecule has 1 aromatic carbocycles. The molecule has 0 radical (unpaired) electrons. The van der Waals surface area contributed by atoms with Gasteiger partial charge in [0.2, 0.25) is 0 Å². The molecule has 0 aliphatic rings. The van der Waals surface area contributed by atoms with E-state index < -0.39 is 11.9 Å². The Morgan fingerprint density at radius 3 is 2.55 bits per heavy atom. The van der Waals surface area contributed by atoms with Gasteiger partial charge in [-0.2, -0.15) is 18.3 Å². The lowest BCUT2D eigenvalue weighted by atomic mass is 10.2. The van der Waals surface area contributed by atoms with Gasteiger partial charge in [0.15, 0.2) is 5.69 Å². The van der Waals surface area contributed by atoms with Crippen molar-refractivity contribution >= 4 is 29.0 Å². The summed E-state index contributed by atoms with van der Waals surface area (Å²) in [6.45, 7) is 0. The fourth-order valence-corrected chi connectivity index (χ4v) is 2.65. The first kappa shape index (κ1) is 14.9. The van der Waals surface area contributed by atoms with E-state index in [9.17, 15) is 13.2 Å². The molecular weight excluding hydrogens is 307 g/mol. The van der Waals surface area contributed by atoms with Crippen molar-refractivity contribution < 1.29 is 13.2 Å². The Bertz CT molecular complexity index is 650. The van der Waals surface area contributed by atoms with Crippen molar-refractivity contribution in [1.29, 1.82) is 0 Å². The summed E-state index contributed by atoms with van der Waals surface area (Å²) in [4.78, 5) is 0.910. The third-order valence-corrected chi connectivity index (χ3v) is 3.58. The molecule has 0 atom stereocenters. The van der Waals surface area contributed by atoms with Crippen LogP contribution in [0.15, 0.2) is 35.4 Å². The Labute approximate surface area is 123 Å². The highest BCUT2D eigenvalue weighted by molar-refractivity contribution is 7.98. The lowest BCUT2D eigenvalue weighted by Gasteiger charge is -2.12. The minimum absolute atomic E-state index is 0.119. The second kappa shape index (κ2) is 5.45. The number of hydrogen-bond acceptors (Lipinski definition) is 3. The number of benzene rings is 1. The standard InChI is InChI=1S/C12H10F3N3S2/c1-20-8-4-2-3-7(10(8)11(16)19)18-6-5-9(17-18)12(13,14)15/h2-6H,1H3,(H2,16,19). The molecule has 106 valence electrons. The van der Waals surface area contributed by atoms with Crippen molar-refractivity contribution in [3.05, 3.63) is 41.7 Å². The van der Waals surface area contributed by atoms with Gasteiger partial charge < -0.3 is 5.73 Å². The Morgan fingerprint density at radius 1 is 1.35 bits per heavy atom. The van der Waals surface area contributed by atoms with Crippen LogP contribution in [0, 0.1) is 0 Å². The van der Waals surface area contributed by atoms with Gasteiger partial charge in [-0.1, -0.05) is 18.3 Å². The summed E-state index contributed by atoms with van der Waals surface area (Å²) < 4.78 is 38.9. The number of thiocarbonyl (C=S) groups is 1. The molecule has 2 N–H and O–H groups in total. The summed E-state index contributed by atoms with van der Waals surface area (Å²) in [5.41, 5.74) is 5.67. The molecule has 20 heavy (non-hydrogen) atoms. The summed E-state index contributed by atoms with van der Waals surface area (Å²) in [6.07, 6.45) is -1.40. The number of nitrogens with two attached hydrogens (primary N) is 1. The number of alkyl halides is 3. The zero-order chi connectivity index (χ0) is 14.9. The summed E-state index contributed by atoms with van der Waals surface area (Å²) in [5.74, 6) is 0. The Hall–Kier alpha value is -1.54. The molecular formula is C12H10F3N3S2. The second-order valence-electron chi connectivity index (χ2n) is 3.86. The van der Waals surface area contributed by atoms with Crippen LogP contribution in [-0.4, -0.2) is 21.0 Å². The van der Waals surface area contributed by atoms with Crippen LogP contribution in [0.25, 0.3) is 5.69 Å². The molecule has 0 aliphatic carbocycles. The van der Waals surface area contributed by atoms with Gasteiger partial charge in [0, 0.05) is 16.7 Å². The van der Waals surface area contributed by atoms with Gasteiger partial charge in [0.25, 0.3) is 0 Å². The van der Waals surface area contributed by atoms with Gasteiger partial charge in [-0.15, -0.1) is 11.8 Å². The van der Waals surface area contributed by atoms with Crippen molar-refractivity contribution in [2.45, 2.75) is 11.1 Å². The third kappa shape index (κ3) is 2.80. The maximum atomic E-state index is 12.6. The maximum absolute atomic E-state index is 12.6. The third-order valence-electron chi connectivity index (χ3n) is 2.60. The van der Waals surface area contributed by atoms with Crippen molar-refractivity contribution in [3.8, 4) is 5.69 Å². The first-order chi connectivity index (χ1) is 9.34. The van der Waals surface area contributed by atoms with Gasteiger partial charge in [-0.3, -0.25) is 0 Å². The quantitative estimate of drug-likeness (QED) is 0.697. The highest BCUT2D eigenvalue weighted by Gasteiger charge is 2.33. The molecule has 0 saturated carbocycles. The molecule has 2 aromatic rings. The van der Waals surface area contributed by atoms with Crippen LogP contribution in [0.1, 0.15) is 11.3 Å².